The smallest absolute Gasteiger partial charge is 0.338 e. The molecule has 1 fully saturated rings. The Hall–Kier alpha value is -3.20. The van der Waals surface area contributed by atoms with E-state index in [1.807, 2.05) is 6.92 Å². The molecule has 0 unspecified atom stereocenters. The Morgan fingerprint density at radius 3 is 2.06 bits per heavy atom. The number of hydrogen-bond donors (Lipinski definition) is 0. The van der Waals surface area contributed by atoms with E-state index in [0.717, 1.165) is 6.08 Å². The minimum atomic E-state index is -0.490. The molecule has 0 N–H and O–H groups in total. The first-order chi connectivity index (χ1) is 16.4. The van der Waals surface area contributed by atoms with Gasteiger partial charge in [0.15, 0.2) is 6.79 Å². The zero-order valence-electron chi connectivity index (χ0n) is 19.5. The Bertz CT molecular complexity index is 823. The van der Waals surface area contributed by atoms with Gasteiger partial charge in [-0.25, -0.2) is 9.59 Å². The molecule has 0 saturated heterocycles. The third-order valence-electron chi connectivity index (χ3n) is 5.37. The maximum absolute atomic E-state index is 12.5. The number of esters is 4. The zero-order chi connectivity index (χ0) is 24.8. The first kappa shape index (κ1) is 27.0. The van der Waals surface area contributed by atoms with Gasteiger partial charge in [0.05, 0.1) is 30.6 Å². The number of carbonyl (C=O) groups excluding carboxylic acids is 4. The number of hydrogen-bond acceptors (Lipinski definition) is 9. The highest BCUT2D eigenvalue weighted by atomic mass is 16.7. The molecule has 0 atom stereocenters. The van der Waals surface area contributed by atoms with Gasteiger partial charge in [0.2, 0.25) is 0 Å². The molecule has 0 spiro atoms. The Labute approximate surface area is 199 Å². The molecular weight excluding hydrogens is 444 g/mol. The molecule has 0 aromatic heterocycles. The van der Waals surface area contributed by atoms with Crippen LogP contribution in [0, 0.1) is 11.8 Å². The number of rotatable bonds is 13. The molecule has 2 rings (SSSR count). The summed E-state index contributed by atoms with van der Waals surface area (Å²) in [5, 5.41) is 0. The fourth-order valence-electron chi connectivity index (χ4n) is 3.41. The number of benzene rings is 1. The lowest BCUT2D eigenvalue weighted by Gasteiger charge is -2.25. The van der Waals surface area contributed by atoms with Crippen molar-refractivity contribution in [2.45, 2.75) is 45.4 Å². The Kier molecular flexibility index (Phi) is 11.8. The third-order valence-corrected chi connectivity index (χ3v) is 5.37. The molecule has 9 heteroatoms. The van der Waals surface area contributed by atoms with Crippen LogP contribution in [0.25, 0.3) is 0 Å². The molecule has 0 heterocycles. The van der Waals surface area contributed by atoms with Gasteiger partial charge in [0, 0.05) is 12.7 Å². The zero-order valence-corrected chi connectivity index (χ0v) is 19.5. The Morgan fingerprint density at radius 2 is 1.47 bits per heavy atom. The van der Waals surface area contributed by atoms with Gasteiger partial charge < -0.3 is 23.7 Å². The van der Waals surface area contributed by atoms with Crippen LogP contribution in [-0.2, 0) is 33.3 Å². The maximum Gasteiger partial charge on any atom is 0.338 e. The van der Waals surface area contributed by atoms with Crippen LogP contribution in [0.1, 0.15) is 55.8 Å². The number of carbonyl (C=O) groups is 4. The lowest BCUT2D eigenvalue weighted by molar-refractivity contribution is -0.163. The molecule has 1 aliphatic rings. The van der Waals surface area contributed by atoms with Crippen LogP contribution in [0.4, 0.5) is 0 Å². The van der Waals surface area contributed by atoms with Crippen LogP contribution in [0.3, 0.4) is 0 Å². The molecule has 0 aliphatic heterocycles. The van der Waals surface area contributed by atoms with E-state index in [4.69, 9.17) is 23.7 Å². The van der Waals surface area contributed by atoms with Crippen LogP contribution < -0.4 is 4.74 Å². The second kappa shape index (κ2) is 14.8. The van der Waals surface area contributed by atoms with Crippen molar-refractivity contribution < 1.29 is 42.9 Å². The van der Waals surface area contributed by atoms with Crippen LogP contribution in [0.5, 0.6) is 5.75 Å². The summed E-state index contributed by atoms with van der Waals surface area (Å²) in [4.78, 5) is 47.5. The molecule has 186 valence electrons. The van der Waals surface area contributed by atoms with E-state index < -0.39 is 11.9 Å². The van der Waals surface area contributed by atoms with Crippen LogP contribution >= 0.6 is 0 Å². The van der Waals surface area contributed by atoms with Crippen LogP contribution in [-0.4, -0.2) is 50.5 Å². The fraction of sp³-hybridized carbons (Fsp3) is 0.520. The summed E-state index contributed by atoms with van der Waals surface area (Å²) in [5.74, 6) is -1.79. The SMILES string of the molecule is C=CC(=O)OCCCCOC(=O)c1ccc(OC(=O)C2CCC(C(=O)OCOCC)CC2)cc1. The summed E-state index contributed by atoms with van der Waals surface area (Å²) in [6.07, 6.45) is 4.43. The highest BCUT2D eigenvalue weighted by Gasteiger charge is 2.32. The van der Waals surface area contributed by atoms with Gasteiger partial charge in [0.25, 0.3) is 0 Å². The monoisotopic (exact) mass is 476 g/mol. The average Bonchev–Trinajstić information content (AvgIpc) is 2.86. The van der Waals surface area contributed by atoms with Crippen molar-refractivity contribution >= 4 is 23.9 Å². The molecule has 0 bridgehead atoms. The number of unbranched alkanes of at least 4 members (excludes halogenated alkanes) is 1. The van der Waals surface area contributed by atoms with Gasteiger partial charge in [-0.2, -0.15) is 0 Å². The molecule has 34 heavy (non-hydrogen) atoms. The van der Waals surface area contributed by atoms with Crippen molar-refractivity contribution in [2.24, 2.45) is 11.8 Å². The van der Waals surface area contributed by atoms with Crippen molar-refractivity contribution in [3.8, 4) is 5.75 Å². The van der Waals surface area contributed by atoms with E-state index in [-0.39, 0.29) is 43.8 Å². The Balaban J connectivity index is 1.68. The summed E-state index contributed by atoms with van der Waals surface area (Å²) in [6, 6.07) is 6.14. The van der Waals surface area contributed by atoms with Crippen LogP contribution in [0.15, 0.2) is 36.9 Å². The largest absolute Gasteiger partial charge is 0.463 e. The van der Waals surface area contributed by atoms with Crippen molar-refractivity contribution in [1.82, 2.24) is 0 Å². The molecular formula is C25H32O9. The van der Waals surface area contributed by atoms with Gasteiger partial charge in [-0.05, 0) is 69.7 Å². The first-order valence-corrected chi connectivity index (χ1v) is 11.5. The average molecular weight is 477 g/mol. The van der Waals surface area contributed by atoms with Gasteiger partial charge >= 0.3 is 23.9 Å². The summed E-state index contributed by atoms with van der Waals surface area (Å²) in [7, 11) is 0. The predicted octanol–water partition coefficient (Wildman–Crippen LogP) is 3.60. The highest BCUT2D eigenvalue weighted by molar-refractivity contribution is 5.89. The van der Waals surface area contributed by atoms with E-state index >= 15 is 0 Å². The molecule has 1 saturated carbocycles. The third kappa shape index (κ3) is 9.35. The van der Waals surface area contributed by atoms with E-state index in [9.17, 15) is 19.2 Å². The van der Waals surface area contributed by atoms with Gasteiger partial charge in [0.1, 0.15) is 5.75 Å². The molecule has 1 aromatic rings. The summed E-state index contributed by atoms with van der Waals surface area (Å²) >= 11 is 0. The molecule has 0 radical (unpaired) electrons. The second-order valence-corrected chi connectivity index (χ2v) is 7.78. The summed E-state index contributed by atoms with van der Waals surface area (Å²) in [5.41, 5.74) is 0.337. The fourth-order valence-corrected chi connectivity index (χ4v) is 3.41. The summed E-state index contributed by atoms with van der Waals surface area (Å²) in [6.45, 7) is 5.99. The minimum absolute atomic E-state index is 0.0476. The lowest BCUT2D eigenvalue weighted by Crippen LogP contribution is -2.29. The maximum atomic E-state index is 12.5. The number of ether oxygens (including phenoxy) is 5. The van der Waals surface area contributed by atoms with E-state index in [2.05, 4.69) is 6.58 Å². The van der Waals surface area contributed by atoms with Crippen LogP contribution in [0.2, 0.25) is 0 Å². The van der Waals surface area contributed by atoms with Crippen molar-refractivity contribution in [3.63, 3.8) is 0 Å². The minimum Gasteiger partial charge on any atom is -0.463 e. The second-order valence-electron chi connectivity index (χ2n) is 7.78. The van der Waals surface area contributed by atoms with Gasteiger partial charge in [-0.3, -0.25) is 9.59 Å². The predicted molar refractivity (Wildman–Crippen MR) is 121 cm³/mol. The standard InChI is InChI=1S/C25H32O9/c1-3-22(26)31-15-5-6-16-32-23(27)19-11-13-21(14-12-19)34-25(29)20-9-7-18(8-10-20)24(28)33-17-30-4-2/h3,11-14,18,20H,1,4-10,15-17H2,2H3. The van der Waals surface area contributed by atoms with Gasteiger partial charge in [-0.15, -0.1) is 0 Å². The molecule has 9 nitrogen and oxygen atoms in total. The Morgan fingerprint density at radius 1 is 0.882 bits per heavy atom. The van der Waals surface area contributed by atoms with Crippen molar-refractivity contribution in [1.29, 1.82) is 0 Å². The lowest BCUT2D eigenvalue weighted by atomic mass is 9.82. The first-order valence-electron chi connectivity index (χ1n) is 11.5. The molecule has 1 aromatic carbocycles. The molecule has 0 amide bonds. The highest BCUT2D eigenvalue weighted by Crippen LogP contribution is 2.31. The van der Waals surface area contributed by atoms with Crippen molar-refractivity contribution in [3.05, 3.63) is 42.5 Å². The molecule has 1 aliphatic carbocycles. The van der Waals surface area contributed by atoms with E-state index in [0.29, 0.717) is 56.4 Å². The van der Waals surface area contributed by atoms with E-state index in [1.54, 1.807) is 12.1 Å². The quantitative estimate of drug-likeness (QED) is 0.105. The summed E-state index contributed by atoms with van der Waals surface area (Å²) < 4.78 is 25.6. The van der Waals surface area contributed by atoms with Crippen molar-refractivity contribution in [2.75, 3.05) is 26.6 Å². The topological polar surface area (TPSA) is 114 Å². The van der Waals surface area contributed by atoms with E-state index in [1.165, 1.54) is 12.1 Å². The van der Waals surface area contributed by atoms with Gasteiger partial charge in [-0.1, -0.05) is 6.58 Å². The normalized spacial score (nSPS) is 17.3.